The molecule has 0 spiro atoms. The molecule has 10 heteroatoms. The third kappa shape index (κ3) is 2.82. The van der Waals surface area contributed by atoms with Gasteiger partial charge < -0.3 is 25.5 Å². The van der Waals surface area contributed by atoms with Crippen LogP contribution in [0.15, 0.2) is 12.5 Å². The third-order valence-corrected chi connectivity index (χ3v) is 4.37. The van der Waals surface area contributed by atoms with Crippen molar-refractivity contribution in [1.29, 1.82) is 0 Å². The monoisotopic (exact) mass is 346 g/mol. The number of aliphatic hydroxyl groups is 3. The zero-order chi connectivity index (χ0) is 17.6. The summed E-state index contributed by atoms with van der Waals surface area (Å²) in [6.07, 6.45) is -1.05. The summed E-state index contributed by atoms with van der Waals surface area (Å²) < 4.78 is 6.99. The van der Waals surface area contributed by atoms with Gasteiger partial charge in [-0.2, -0.15) is 5.10 Å². The van der Waals surface area contributed by atoms with Crippen molar-refractivity contribution >= 4 is 16.9 Å². The smallest absolute Gasteiger partial charge is 0.181 e. The predicted molar refractivity (Wildman–Crippen MR) is 85.6 cm³/mol. The Morgan fingerprint density at radius 2 is 2.12 bits per heavy atom. The molecule has 1 unspecified atom stereocenters. The minimum atomic E-state index is -1.30. The van der Waals surface area contributed by atoms with Gasteiger partial charge in [-0.3, -0.25) is 0 Å². The molecule has 2 fully saturated rings. The van der Waals surface area contributed by atoms with Crippen LogP contribution in [0.1, 0.15) is 19.1 Å². The fourth-order valence-electron chi connectivity index (χ4n) is 2.83. The molecule has 25 heavy (non-hydrogen) atoms. The molecule has 10 nitrogen and oxygen atoms in total. The number of nitrogens with two attached hydrogens (primary N) is 1. The topological polar surface area (TPSA) is 152 Å². The Hall–Kier alpha value is -2.29. The van der Waals surface area contributed by atoms with Crippen LogP contribution in [0.2, 0.25) is 0 Å². The number of anilines is 1. The van der Waals surface area contributed by atoms with Gasteiger partial charge in [0.1, 0.15) is 30.7 Å². The van der Waals surface area contributed by atoms with E-state index in [1.165, 1.54) is 17.2 Å². The van der Waals surface area contributed by atoms with Gasteiger partial charge in [0, 0.05) is 5.92 Å². The minimum absolute atomic E-state index is 0.308. The van der Waals surface area contributed by atoms with Crippen LogP contribution in [0, 0.1) is 17.8 Å². The number of hydrogen-bond donors (Lipinski definition) is 5. The van der Waals surface area contributed by atoms with E-state index < -0.39 is 30.6 Å². The van der Waals surface area contributed by atoms with Gasteiger partial charge in [0.25, 0.3) is 0 Å². The molecule has 1 aliphatic carbocycles. The Balaban J connectivity index is 1.62. The second kappa shape index (κ2) is 6.21. The number of hydrogen-bond acceptors (Lipinski definition) is 9. The highest BCUT2D eigenvalue weighted by Gasteiger charge is 2.47. The van der Waals surface area contributed by atoms with E-state index in [-0.39, 0.29) is 0 Å². The van der Waals surface area contributed by atoms with E-state index >= 15 is 0 Å². The maximum atomic E-state index is 10.3. The molecule has 132 valence electrons. The second-order valence-electron chi connectivity index (χ2n) is 6.17. The van der Waals surface area contributed by atoms with Crippen LogP contribution < -0.4 is 11.3 Å². The first-order chi connectivity index (χ1) is 12.1. The molecule has 3 heterocycles. The number of ether oxygens (including phenoxy) is 1. The SMILES string of the molecule is NNc1ncnc2c1cnn2[C@@H]1O[C@H](C(O)C#CC2CC2)[C@@H](O)[C@H]1O. The molecular weight excluding hydrogens is 328 g/mol. The molecule has 2 aliphatic rings. The number of fused-ring (bicyclic) bond motifs is 1. The van der Waals surface area contributed by atoms with E-state index in [0.29, 0.717) is 22.8 Å². The van der Waals surface area contributed by atoms with Gasteiger partial charge in [0.15, 0.2) is 17.7 Å². The van der Waals surface area contributed by atoms with Crippen molar-refractivity contribution in [3.8, 4) is 11.8 Å². The molecule has 0 radical (unpaired) electrons. The summed E-state index contributed by atoms with van der Waals surface area (Å²) in [4.78, 5) is 8.10. The number of aromatic nitrogens is 4. The molecule has 0 aromatic carbocycles. The van der Waals surface area contributed by atoms with Gasteiger partial charge in [-0.05, 0) is 12.8 Å². The average Bonchev–Trinajstić information content (AvgIpc) is 3.29. The van der Waals surface area contributed by atoms with E-state index in [9.17, 15) is 15.3 Å². The number of rotatable bonds is 3. The van der Waals surface area contributed by atoms with E-state index in [1.54, 1.807) is 0 Å². The largest absolute Gasteiger partial charge is 0.387 e. The Labute approximate surface area is 142 Å². The van der Waals surface area contributed by atoms with Gasteiger partial charge in [-0.15, -0.1) is 0 Å². The summed E-state index contributed by atoms with van der Waals surface area (Å²) in [5, 5.41) is 35.4. The lowest BCUT2D eigenvalue weighted by Crippen LogP contribution is -2.38. The van der Waals surface area contributed by atoms with Gasteiger partial charge in [0.05, 0.1) is 11.6 Å². The molecule has 5 atom stereocenters. The molecule has 1 saturated heterocycles. The van der Waals surface area contributed by atoms with E-state index in [1.807, 2.05) is 0 Å². The standard InChI is InChI=1S/C15H18N6O4/c16-20-13-8-5-19-21(14(8)18-6-17-13)15-11(24)10(23)12(25-15)9(22)4-3-7-1-2-7/h5-7,9-12,15,22-24H,1-2,16H2,(H,17,18,20)/t9?,10-,11+,12+,15+/m0/s1. The Kier molecular flexibility index (Phi) is 4.03. The average molecular weight is 346 g/mol. The summed E-state index contributed by atoms with van der Waals surface area (Å²) in [7, 11) is 0. The van der Waals surface area contributed by atoms with Gasteiger partial charge in [0.2, 0.25) is 0 Å². The van der Waals surface area contributed by atoms with E-state index in [2.05, 4.69) is 32.3 Å². The van der Waals surface area contributed by atoms with Crippen molar-refractivity contribution in [2.45, 2.75) is 43.5 Å². The molecule has 0 bridgehead atoms. The normalized spacial score (nSPS) is 30.1. The van der Waals surface area contributed by atoms with E-state index in [4.69, 9.17) is 10.6 Å². The molecule has 0 amide bonds. The summed E-state index contributed by atoms with van der Waals surface area (Å²) in [6, 6.07) is 0. The minimum Gasteiger partial charge on any atom is -0.387 e. The van der Waals surface area contributed by atoms with Crippen LogP contribution in [-0.2, 0) is 4.74 Å². The number of nitrogen functional groups attached to an aromatic ring is 1. The number of nitrogens with one attached hydrogen (secondary N) is 1. The summed E-state index contributed by atoms with van der Waals surface area (Å²) in [6.45, 7) is 0. The highest BCUT2D eigenvalue weighted by Crippen LogP contribution is 2.33. The summed E-state index contributed by atoms with van der Waals surface area (Å²) in [5.41, 5.74) is 2.81. The van der Waals surface area contributed by atoms with Crippen molar-refractivity contribution < 1.29 is 20.1 Å². The molecule has 6 N–H and O–H groups in total. The van der Waals surface area contributed by atoms with Gasteiger partial charge in [-0.25, -0.2) is 20.5 Å². The maximum absolute atomic E-state index is 10.3. The highest BCUT2D eigenvalue weighted by atomic mass is 16.6. The van der Waals surface area contributed by atoms with Gasteiger partial charge >= 0.3 is 0 Å². The summed E-state index contributed by atoms with van der Waals surface area (Å²) in [5.74, 6) is 11.7. The van der Waals surface area contributed by atoms with Crippen molar-refractivity contribution in [3.63, 3.8) is 0 Å². The Bertz CT molecular complexity index is 841. The van der Waals surface area contributed by atoms with Crippen molar-refractivity contribution in [1.82, 2.24) is 19.7 Å². The Morgan fingerprint density at radius 3 is 2.84 bits per heavy atom. The predicted octanol–water partition coefficient (Wildman–Crippen LogP) is -1.49. The van der Waals surface area contributed by atoms with Crippen molar-refractivity contribution in [2.24, 2.45) is 11.8 Å². The fraction of sp³-hybridized carbons (Fsp3) is 0.533. The molecule has 1 aliphatic heterocycles. The van der Waals surface area contributed by atoms with Crippen molar-refractivity contribution in [2.75, 3.05) is 5.43 Å². The molecular formula is C15H18N6O4. The quantitative estimate of drug-likeness (QED) is 0.254. The zero-order valence-corrected chi connectivity index (χ0v) is 13.1. The maximum Gasteiger partial charge on any atom is 0.181 e. The molecule has 2 aromatic rings. The molecule has 1 saturated carbocycles. The number of hydrazine groups is 1. The lowest BCUT2D eigenvalue weighted by molar-refractivity contribution is -0.0717. The van der Waals surface area contributed by atoms with Crippen LogP contribution in [-0.4, -0.2) is 59.5 Å². The van der Waals surface area contributed by atoms with Crippen molar-refractivity contribution in [3.05, 3.63) is 12.5 Å². The Morgan fingerprint density at radius 1 is 1.32 bits per heavy atom. The van der Waals surface area contributed by atoms with E-state index in [0.717, 1.165) is 12.8 Å². The summed E-state index contributed by atoms with van der Waals surface area (Å²) >= 11 is 0. The first-order valence-corrected chi connectivity index (χ1v) is 7.95. The van der Waals surface area contributed by atoms with Gasteiger partial charge in [-0.1, -0.05) is 11.8 Å². The number of nitrogens with zero attached hydrogens (tertiary/aromatic N) is 4. The first-order valence-electron chi connectivity index (χ1n) is 7.95. The highest BCUT2D eigenvalue weighted by molar-refractivity contribution is 5.85. The fourth-order valence-corrected chi connectivity index (χ4v) is 2.83. The van der Waals surface area contributed by atoms with Crippen LogP contribution in [0.5, 0.6) is 0 Å². The lowest BCUT2D eigenvalue weighted by Gasteiger charge is -2.16. The van der Waals surface area contributed by atoms with Crippen LogP contribution in [0.4, 0.5) is 5.82 Å². The first kappa shape index (κ1) is 16.2. The third-order valence-electron chi connectivity index (χ3n) is 4.37. The van der Waals surface area contributed by atoms with Crippen LogP contribution in [0.25, 0.3) is 11.0 Å². The molecule has 2 aromatic heterocycles. The second-order valence-corrected chi connectivity index (χ2v) is 6.17. The number of aliphatic hydroxyl groups excluding tert-OH is 3. The molecule has 4 rings (SSSR count). The zero-order valence-electron chi connectivity index (χ0n) is 13.1. The van der Waals surface area contributed by atoms with Crippen LogP contribution in [0.3, 0.4) is 0 Å². The lowest BCUT2D eigenvalue weighted by atomic mass is 10.1. The van der Waals surface area contributed by atoms with Crippen LogP contribution >= 0.6 is 0 Å².